The molecule has 0 saturated heterocycles. The zero-order valence-electron chi connectivity index (χ0n) is 14.0. The van der Waals surface area contributed by atoms with Crippen molar-refractivity contribution in [2.24, 2.45) is 7.05 Å². The summed E-state index contributed by atoms with van der Waals surface area (Å²) in [4.78, 5) is 12.5. The number of nitrogens with zero attached hydrogens (tertiary/aromatic N) is 2. The highest BCUT2D eigenvalue weighted by Crippen LogP contribution is 2.32. The van der Waals surface area contributed by atoms with E-state index in [1.807, 2.05) is 36.4 Å². The zero-order valence-corrected chi connectivity index (χ0v) is 14.0. The minimum absolute atomic E-state index is 0.144. The monoisotopic (exact) mass is 340 g/mol. The van der Waals surface area contributed by atoms with Crippen LogP contribution in [0.25, 0.3) is 11.0 Å². The number of imidazole rings is 1. The topological polar surface area (TPSA) is 65.6 Å². The number of fused-ring (bicyclic) bond motifs is 2. The number of aryl methyl sites for hydroxylation is 1. The summed E-state index contributed by atoms with van der Waals surface area (Å²) in [6, 6.07) is 13.0. The highest BCUT2D eigenvalue weighted by atomic mass is 16.5. The molecule has 0 amide bonds. The summed E-state index contributed by atoms with van der Waals surface area (Å²) < 4.78 is 14.5. The van der Waals surface area contributed by atoms with Crippen molar-refractivity contribution in [3.05, 3.63) is 58.5 Å². The second-order valence-corrected chi connectivity index (χ2v) is 6.21. The van der Waals surface area contributed by atoms with Crippen molar-refractivity contribution in [3.63, 3.8) is 0 Å². The Balaban J connectivity index is 1.67. The minimum atomic E-state index is -0.819. The van der Waals surface area contributed by atoms with Crippen molar-refractivity contribution >= 4 is 11.0 Å². The first-order valence-corrected chi connectivity index (χ1v) is 8.37. The van der Waals surface area contributed by atoms with Crippen molar-refractivity contribution in [1.29, 1.82) is 0 Å². The normalized spacial score (nSPS) is 15.1. The third kappa shape index (κ3) is 2.78. The van der Waals surface area contributed by atoms with E-state index in [9.17, 15) is 9.90 Å². The molecule has 1 atom stereocenters. The van der Waals surface area contributed by atoms with Gasteiger partial charge in [0.25, 0.3) is 0 Å². The molecule has 0 aliphatic carbocycles. The summed E-state index contributed by atoms with van der Waals surface area (Å²) in [5.41, 5.74) is 2.21. The van der Waals surface area contributed by atoms with Gasteiger partial charge in [-0.25, -0.2) is 4.79 Å². The minimum Gasteiger partial charge on any atom is -0.490 e. The largest absolute Gasteiger partial charge is 0.490 e. The molecule has 1 aliphatic rings. The number of hydrogen-bond donors (Lipinski definition) is 1. The van der Waals surface area contributed by atoms with Crippen LogP contribution in [0.5, 0.6) is 11.5 Å². The number of rotatable bonds is 3. The fourth-order valence-electron chi connectivity index (χ4n) is 3.21. The maximum atomic E-state index is 12.5. The first-order chi connectivity index (χ1) is 12.1. The molecular formula is C19H20N2O4. The van der Waals surface area contributed by atoms with Crippen molar-refractivity contribution in [1.82, 2.24) is 9.13 Å². The molecule has 2 heterocycles. The molecule has 0 saturated carbocycles. The lowest BCUT2D eigenvalue weighted by Crippen LogP contribution is -2.24. The Bertz CT molecular complexity index is 973. The maximum absolute atomic E-state index is 12.5. The van der Waals surface area contributed by atoms with Gasteiger partial charge in [-0.3, -0.25) is 9.13 Å². The Kier molecular flexibility index (Phi) is 3.97. The molecule has 6 heteroatoms. The summed E-state index contributed by atoms with van der Waals surface area (Å²) in [6.45, 7) is 1.40. The van der Waals surface area contributed by atoms with Crippen LogP contribution in [0.3, 0.4) is 0 Å². The summed E-state index contributed by atoms with van der Waals surface area (Å²) in [6.07, 6.45) is 0.0125. The molecule has 1 aliphatic heterocycles. The van der Waals surface area contributed by atoms with Crippen molar-refractivity contribution in [2.45, 2.75) is 19.1 Å². The second-order valence-electron chi connectivity index (χ2n) is 6.21. The lowest BCUT2D eigenvalue weighted by atomic mass is 10.1. The molecule has 1 N–H and O–H groups in total. The molecule has 25 heavy (non-hydrogen) atoms. The van der Waals surface area contributed by atoms with Gasteiger partial charge in [-0.15, -0.1) is 0 Å². The third-order valence-electron chi connectivity index (χ3n) is 4.56. The third-order valence-corrected chi connectivity index (χ3v) is 4.56. The summed E-state index contributed by atoms with van der Waals surface area (Å²) in [7, 11) is 1.74. The number of aliphatic hydroxyl groups excluding tert-OH is 1. The molecule has 0 bridgehead atoms. The van der Waals surface area contributed by atoms with Gasteiger partial charge in [-0.1, -0.05) is 18.2 Å². The summed E-state index contributed by atoms with van der Waals surface area (Å²) >= 11 is 0. The molecular weight excluding hydrogens is 320 g/mol. The second kappa shape index (κ2) is 6.29. The number of benzene rings is 2. The Hall–Kier alpha value is -2.73. The standard InChI is InChI=1S/C19H20N2O4/c1-20-14-5-2-3-6-15(14)21(19(20)23)12-16(22)13-7-8-17-18(11-13)25-10-4-9-24-17/h2-3,5-8,11,16,22H,4,9-10,12H2,1H3. The van der Waals surface area contributed by atoms with E-state index < -0.39 is 6.10 Å². The predicted octanol–water partition coefficient (Wildman–Crippen LogP) is 2.23. The van der Waals surface area contributed by atoms with E-state index in [1.54, 1.807) is 22.2 Å². The number of para-hydroxylation sites is 2. The lowest BCUT2D eigenvalue weighted by Gasteiger charge is -2.14. The first kappa shape index (κ1) is 15.8. The molecule has 0 fully saturated rings. The van der Waals surface area contributed by atoms with Gasteiger partial charge in [-0.05, 0) is 29.8 Å². The number of aliphatic hydroxyl groups is 1. The highest BCUT2D eigenvalue weighted by Gasteiger charge is 2.18. The van der Waals surface area contributed by atoms with Gasteiger partial charge in [0.1, 0.15) is 0 Å². The van der Waals surface area contributed by atoms with Crippen LogP contribution >= 0.6 is 0 Å². The van der Waals surface area contributed by atoms with E-state index in [-0.39, 0.29) is 12.2 Å². The molecule has 6 nitrogen and oxygen atoms in total. The average Bonchev–Trinajstić information content (AvgIpc) is 2.81. The van der Waals surface area contributed by atoms with Crippen LogP contribution in [0.15, 0.2) is 47.3 Å². The predicted molar refractivity (Wildman–Crippen MR) is 94.2 cm³/mol. The van der Waals surface area contributed by atoms with Gasteiger partial charge in [0, 0.05) is 13.5 Å². The molecule has 4 rings (SSSR count). The number of ether oxygens (including phenoxy) is 2. The van der Waals surface area contributed by atoms with Crippen LogP contribution in [-0.2, 0) is 13.6 Å². The van der Waals surface area contributed by atoms with E-state index >= 15 is 0 Å². The Morgan fingerprint density at radius 2 is 1.80 bits per heavy atom. The molecule has 130 valence electrons. The Morgan fingerprint density at radius 1 is 1.08 bits per heavy atom. The molecule has 2 aromatic carbocycles. The van der Waals surface area contributed by atoms with Crippen molar-refractivity contribution in [2.75, 3.05) is 13.2 Å². The molecule has 1 unspecified atom stereocenters. The summed E-state index contributed by atoms with van der Waals surface area (Å²) in [5, 5.41) is 10.7. The van der Waals surface area contributed by atoms with Crippen LogP contribution in [0, 0.1) is 0 Å². The molecule has 1 aromatic heterocycles. The smallest absolute Gasteiger partial charge is 0.328 e. The van der Waals surface area contributed by atoms with Crippen LogP contribution in [0.1, 0.15) is 18.1 Å². The van der Waals surface area contributed by atoms with Gasteiger partial charge in [0.2, 0.25) is 0 Å². The highest BCUT2D eigenvalue weighted by molar-refractivity contribution is 5.75. The van der Waals surface area contributed by atoms with E-state index in [0.29, 0.717) is 30.3 Å². The van der Waals surface area contributed by atoms with Gasteiger partial charge < -0.3 is 14.6 Å². The zero-order chi connectivity index (χ0) is 17.4. The Morgan fingerprint density at radius 3 is 2.60 bits per heavy atom. The van der Waals surface area contributed by atoms with E-state index in [4.69, 9.17) is 9.47 Å². The molecule has 3 aromatic rings. The van der Waals surface area contributed by atoms with Crippen LogP contribution in [0.4, 0.5) is 0 Å². The van der Waals surface area contributed by atoms with Gasteiger partial charge >= 0.3 is 5.69 Å². The number of aromatic nitrogens is 2. The van der Waals surface area contributed by atoms with Gasteiger partial charge in [-0.2, -0.15) is 0 Å². The van der Waals surface area contributed by atoms with Gasteiger partial charge in [0.15, 0.2) is 11.5 Å². The fourth-order valence-corrected chi connectivity index (χ4v) is 3.21. The van der Waals surface area contributed by atoms with Crippen LogP contribution < -0.4 is 15.2 Å². The van der Waals surface area contributed by atoms with E-state index in [2.05, 4.69) is 0 Å². The summed E-state index contributed by atoms with van der Waals surface area (Å²) in [5.74, 6) is 1.33. The first-order valence-electron chi connectivity index (χ1n) is 8.37. The SMILES string of the molecule is Cn1c(=O)n(CC(O)c2ccc3c(c2)OCCCO3)c2ccccc21. The number of hydrogen-bond acceptors (Lipinski definition) is 4. The Labute approximate surface area is 144 Å². The van der Waals surface area contributed by atoms with E-state index in [0.717, 1.165) is 17.5 Å². The van der Waals surface area contributed by atoms with E-state index in [1.165, 1.54) is 0 Å². The quantitative estimate of drug-likeness (QED) is 0.794. The molecule has 0 spiro atoms. The van der Waals surface area contributed by atoms with Crippen molar-refractivity contribution < 1.29 is 14.6 Å². The van der Waals surface area contributed by atoms with Gasteiger partial charge in [0.05, 0.1) is 36.9 Å². The average molecular weight is 340 g/mol. The molecule has 0 radical (unpaired) electrons. The fraction of sp³-hybridized carbons (Fsp3) is 0.316. The lowest BCUT2D eigenvalue weighted by molar-refractivity contribution is 0.156. The van der Waals surface area contributed by atoms with Crippen LogP contribution in [0.2, 0.25) is 0 Å². The van der Waals surface area contributed by atoms with Crippen molar-refractivity contribution in [3.8, 4) is 11.5 Å². The van der Waals surface area contributed by atoms with Crippen LogP contribution in [-0.4, -0.2) is 27.5 Å². The maximum Gasteiger partial charge on any atom is 0.328 e.